The van der Waals surface area contributed by atoms with E-state index in [9.17, 15) is 0 Å². The largest absolute Gasteiger partial charge is 0.330 e. The van der Waals surface area contributed by atoms with Gasteiger partial charge in [0.2, 0.25) is 0 Å². The standard InChI is InChI=1S/C10H14N4/c1-7-3-4-14-9(5-7)12-10(13-14)8(2)6-11/h3-5,8H,6,11H2,1-2H3. The van der Waals surface area contributed by atoms with Crippen molar-refractivity contribution in [2.75, 3.05) is 6.54 Å². The van der Waals surface area contributed by atoms with Crippen molar-refractivity contribution < 1.29 is 0 Å². The van der Waals surface area contributed by atoms with Gasteiger partial charge in [-0.3, -0.25) is 0 Å². The molecule has 0 spiro atoms. The normalized spacial score (nSPS) is 13.4. The van der Waals surface area contributed by atoms with Crippen LogP contribution in [-0.4, -0.2) is 21.1 Å². The zero-order valence-electron chi connectivity index (χ0n) is 8.44. The molecule has 0 saturated heterocycles. The number of nitrogens with zero attached hydrogens (tertiary/aromatic N) is 3. The summed E-state index contributed by atoms with van der Waals surface area (Å²) in [6.07, 6.45) is 1.92. The summed E-state index contributed by atoms with van der Waals surface area (Å²) in [4.78, 5) is 4.42. The molecular weight excluding hydrogens is 176 g/mol. The van der Waals surface area contributed by atoms with Gasteiger partial charge in [0.1, 0.15) is 0 Å². The maximum absolute atomic E-state index is 5.57. The van der Waals surface area contributed by atoms with Gasteiger partial charge in [-0.05, 0) is 24.6 Å². The molecule has 2 aromatic rings. The van der Waals surface area contributed by atoms with Crippen molar-refractivity contribution in [3.05, 3.63) is 29.7 Å². The van der Waals surface area contributed by atoms with Crippen LogP contribution in [0.4, 0.5) is 0 Å². The Bertz CT molecular complexity index is 446. The van der Waals surface area contributed by atoms with Gasteiger partial charge in [0, 0.05) is 18.7 Å². The number of aromatic nitrogens is 3. The highest BCUT2D eigenvalue weighted by Crippen LogP contribution is 2.11. The fraction of sp³-hybridized carbons (Fsp3) is 0.400. The average molecular weight is 190 g/mol. The second-order valence-electron chi connectivity index (χ2n) is 3.61. The predicted octanol–water partition coefficient (Wildman–Crippen LogP) is 1.10. The molecule has 0 radical (unpaired) electrons. The molecule has 2 heterocycles. The van der Waals surface area contributed by atoms with Crippen LogP contribution in [0.15, 0.2) is 18.3 Å². The molecule has 1 atom stereocenters. The molecule has 0 saturated carbocycles. The van der Waals surface area contributed by atoms with Crippen molar-refractivity contribution in [2.45, 2.75) is 19.8 Å². The molecule has 0 bridgehead atoms. The van der Waals surface area contributed by atoms with E-state index in [1.165, 1.54) is 5.56 Å². The van der Waals surface area contributed by atoms with Crippen LogP contribution >= 0.6 is 0 Å². The summed E-state index contributed by atoms with van der Waals surface area (Å²) in [6.45, 7) is 4.65. The Morgan fingerprint density at radius 3 is 3.07 bits per heavy atom. The summed E-state index contributed by atoms with van der Waals surface area (Å²) in [5.74, 6) is 1.04. The fourth-order valence-corrected chi connectivity index (χ4v) is 1.31. The van der Waals surface area contributed by atoms with E-state index in [4.69, 9.17) is 5.73 Å². The summed E-state index contributed by atoms with van der Waals surface area (Å²) in [7, 11) is 0. The number of nitrogens with two attached hydrogens (primary N) is 1. The molecule has 2 rings (SSSR count). The van der Waals surface area contributed by atoms with Crippen LogP contribution in [-0.2, 0) is 0 Å². The lowest BCUT2D eigenvalue weighted by atomic mass is 10.2. The molecule has 74 valence electrons. The van der Waals surface area contributed by atoms with Crippen LogP contribution in [0.1, 0.15) is 24.2 Å². The first kappa shape index (κ1) is 9.15. The molecule has 0 aromatic carbocycles. The highest BCUT2D eigenvalue weighted by atomic mass is 15.3. The third-order valence-electron chi connectivity index (χ3n) is 2.30. The predicted molar refractivity (Wildman–Crippen MR) is 55.2 cm³/mol. The maximum atomic E-state index is 5.57. The lowest BCUT2D eigenvalue weighted by Gasteiger charge is -1.99. The summed E-state index contributed by atoms with van der Waals surface area (Å²) in [6, 6.07) is 4.03. The smallest absolute Gasteiger partial charge is 0.155 e. The first-order valence-electron chi connectivity index (χ1n) is 4.73. The zero-order valence-corrected chi connectivity index (χ0v) is 8.44. The topological polar surface area (TPSA) is 56.2 Å². The minimum atomic E-state index is 0.218. The van der Waals surface area contributed by atoms with Gasteiger partial charge in [0.05, 0.1) is 0 Å². The molecule has 0 fully saturated rings. The molecule has 2 aromatic heterocycles. The minimum absolute atomic E-state index is 0.218. The van der Waals surface area contributed by atoms with E-state index in [1.54, 1.807) is 4.52 Å². The molecular formula is C10H14N4. The summed E-state index contributed by atoms with van der Waals surface area (Å²) >= 11 is 0. The highest BCUT2D eigenvalue weighted by Gasteiger charge is 2.09. The summed E-state index contributed by atoms with van der Waals surface area (Å²) < 4.78 is 1.79. The molecule has 0 amide bonds. The quantitative estimate of drug-likeness (QED) is 0.771. The molecule has 14 heavy (non-hydrogen) atoms. The van der Waals surface area contributed by atoms with E-state index < -0.39 is 0 Å². The van der Waals surface area contributed by atoms with Gasteiger partial charge in [-0.25, -0.2) is 9.50 Å². The van der Waals surface area contributed by atoms with E-state index in [0.29, 0.717) is 6.54 Å². The van der Waals surface area contributed by atoms with Crippen molar-refractivity contribution in [1.29, 1.82) is 0 Å². The van der Waals surface area contributed by atoms with Crippen LogP contribution in [0.25, 0.3) is 5.65 Å². The summed E-state index contributed by atoms with van der Waals surface area (Å²) in [5, 5.41) is 4.35. The van der Waals surface area contributed by atoms with Crippen LogP contribution < -0.4 is 5.73 Å². The van der Waals surface area contributed by atoms with E-state index in [0.717, 1.165) is 11.5 Å². The van der Waals surface area contributed by atoms with Crippen molar-refractivity contribution in [3.63, 3.8) is 0 Å². The highest BCUT2D eigenvalue weighted by molar-refractivity contribution is 5.40. The molecule has 1 unspecified atom stereocenters. The van der Waals surface area contributed by atoms with Crippen LogP contribution in [0.2, 0.25) is 0 Å². The van der Waals surface area contributed by atoms with Crippen molar-refractivity contribution >= 4 is 5.65 Å². The van der Waals surface area contributed by atoms with Crippen molar-refractivity contribution in [3.8, 4) is 0 Å². The number of pyridine rings is 1. The van der Waals surface area contributed by atoms with Crippen LogP contribution in [0, 0.1) is 6.92 Å². The van der Waals surface area contributed by atoms with E-state index in [-0.39, 0.29) is 5.92 Å². The molecule has 0 aliphatic heterocycles. The Hall–Kier alpha value is -1.42. The number of fused-ring (bicyclic) bond motifs is 1. The molecule has 4 heteroatoms. The Morgan fingerprint density at radius 2 is 2.36 bits per heavy atom. The second kappa shape index (κ2) is 3.38. The van der Waals surface area contributed by atoms with E-state index in [2.05, 4.69) is 10.1 Å². The minimum Gasteiger partial charge on any atom is -0.330 e. The van der Waals surface area contributed by atoms with E-state index >= 15 is 0 Å². The van der Waals surface area contributed by atoms with Gasteiger partial charge in [-0.2, -0.15) is 5.10 Å². The SMILES string of the molecule is Cc1ccn2nc(C(C)CN)nc2c1. The Morgan fingerprint density at radius 1 is 1.57 bits per heavy atom. The second-order valence-corrected chi connectivity index (χ2v) is 3.61. The first-order valence-corrected chi connectivity index (χ1v) is 4.73. The Kier molecular flexibility index (Phi) is 2.21. The Labute approximate surface area is 82.8 Å². The van der Waals surface area contributed by atoms with Gasteiger partial charge >= 0.3 is 0 Å². The zero-order chi connectivity index (χ0) is 10.1. The lowest BCUT2D eigenvalue weighted by Crippen LogP contribution is -2.10. The number of rotatable bonds is 2. The Balaban J connectivity index is 2.51. The molecule has 4 nitrogen and oxygen atoms in total. The molecule has 0 aliphatic rings. The fourth-order valence-electron chi connectivity index (χ4n) is 1.31. The molecule has 0 aliphatic carbocycles. The maximum Gasteiger partial charge on any atom is 0.155 e. The van der Waals surface area contributed by atoms with Crippen LogP contribution in [0.5, 0.6) is 0 Å². The van der Waals surface area contributed by atoms with Crippen LogP contribution in [0.3, 0.4) is 0 Å². The van der Waals surface area contributed by atoms with Crippen molar-refractivity contribution in [2.24, 2.45) is 5.73 Å². The summed E-state index contributed by atoms with van der Waals surface area (Å²) in [5.41, 5.74) is 7.65. The number of hydrogen-bond donors (Lipinski definition) is 1. The van der Waals surface area contributed by atoms with Gasteiger partial charge < -0.3 is 5.73 Å². The number of hydrogen-bond acceptors (Lipinski definition) is 3. The van der Waals surface area contributed by atoms with Gasteiger partial charge in [0.25, 0.3) is 0 Å². The molecule has 2 N–H and O–H groups in total. The number of aryl methyl sites for hydroxylation is 1. The van der Waals surface area contributed by atoms with E-state index in [1.807, 2.05) is 32.2 Å². The van der Waals surface area contributed by atoms with Gasteiger partial charge in [-0.1, -0.05) is 6.92 Å². The monoisotopic (exact) mass is 190 g/mol. The van der Waals surface area contributed by atoms with Crippen molar-refractivity contribution in [1.82, 2.24) is 14.6 Å². The lowest BCUT2D eigenvalue weighted by molar-refractivity contribution is 0.708. The third kappa shape index (κ3) is 1.48. The van der Waals surface area contributed by atoms with Gasteiger partial charge in [0.15, 0.2) is 11.5 Å². The van der Waals surface area contributed by atoms with Gasteiger partial charge in [-0.15, -0.1) is 0 Å². The average Bonchev–Trinajstić information content (AvgIpc) is 2.59. The first-order chi connectivity index (χ1) is 6.70. The third-order valence-corrected chi connectivity index (χ3v) is 2.30.